The van der Waals surface area contributed by atoms with E-state index in [0.717, 1.165) is 12.2 Å². The fourth-order valence-corrected chi connectivity index (χ4v) is 3.08. The Hall–Kier alpha value is -1.50. The van der Waals surface area contributed by atoms with E-state index in [0.29, 0.717) is 16.6 Å². The second-order valence-electron chi connectivity index (χ2n) is 4.71. The van der Waals surface area contributed by atoms with E-state index >= 15 is 0 Å². The number of halogens is 1. The number of anilines is 1. The number of rotatable bonds is 4. The molecule has 1 aromatic heterocycles. The average Bonchev–Trinajstić information content (AvgIpc) is 3.13. The molecule has 1 heterocycles. The number of thiophene rings is 1. The lowest BCUT2D eigenvalue weighted by atomic mass is 10.2. The third kappa shape index (κ3) is 2.75. The van der Waals surface area contributed by atoms with Crippen molar-refractivity contribution >= 4 is 28.6 Å². The molecule has 0 amide bonds. The van der Waals surface area contributed by atoms with Crippen LogP contribution in [0.15, 0.2) is 35.7 Å². The van der Waals surface area contributed by atoms with E-state index in [1.165, 1.54) is 17.7 Å². The summed E-state index contributed by atoms with van der Waals surface area (Å²) >= 11 is 7.91. The number of benzene rings is 1. The standard InChI is InChI=1S/C15H13ClN2S/c16-15-8-13(4-3-11(15)9-17)18(12-5-6-12)10-14-2-1-7-19-14/h1-4,7-8,12H,5-6,10H2. The first-order valence-electron chi connectivity index (χ1n) is 6.26. The molecule has 0 unspecified atom stereocenters. The Bertz CT molecular complexity index is 612. The van der Waals surface area contributed by atoms with Crippen molar-refractivity contribution in [3.8, 4) is 6.07 Å². The SMILES string of the molecule is N#Cc1ccc(N(Cc2cccs2)C2CC2)cc1Cl. The highest BCUT2D eigenvalue weighted by Crippen LogP contribution is 2.35. The smallest absolute Gasteiger partial charge is 0.101 e. The Morgan fingerprint density at radius 1 is 1.37 bits per heavy atom. The predicted molar refractivity (Wildman–Crippen MR) is 79.7 cm³/mol. The van der Waals surface area contributed by atoms with Crippen molar-refractivity contribution in [3.05, 3.63) is 51.2 Å². The summed E-state index contributed by atoms with van der Waals surface area (Å²) in [5.74, 6) is 0. The van der Waals surface area contributed by atoms with Crippen molar-refractivity contribution in [2.75, 3.05) is 4.90 Å². The van der Waals surface area contributed by atoms with Gasteiger partial charge in [0.2, 0.25) is 0 Å². The van der Waals surface area contributed by atoms with Gasteiger partial charge in [0.1, 0.15) is 6.07 Å². The molecular weight excluding hydrogens is 276 g/mol. The average molecular weight is 289 g/mol. The quantitative estimate of drug-likeness (QED) is 0.831. The highest BCUT2D eigenvalue weighted by Gasteiger charge is 2.29. The molecule has 96 valence electrons. The van der Waals surface area contributed by atoms with Crippen LogP contribution in [-0.4, -0.2) is 6.04 Å². The van der Waals surface area contributed by atoms with Crippen molar-refractivity contribution in [1.82, 2.24) is 0 Å². The largest absolute Gasteiger partial charge is 0.363 e. The van der Waals surface area contributed by atoms with Gasteiger partial charge in [0.05, 0.1) is 17.1 Å². The maximum Gasteiger partial charge on any atom is 0.101 e. The summed E-state index contributed by atoms with van der Waals surface area (Å²) in [6.45, 7) is 0.921. The molecule has 4 heteroatoms. The van der Waals surface area contributed by atoms with Crippen molar-refractivity contribution in [3.63, 3.8) is 0 Å². The van der Waals surface area contributed by atoms with Gasteiger partial charge in [0.15, 0.2) is 0 Å². The van der Waals surface area contributed by atoms with Gasteiger partial charge in [-0.2, -0.15) is 5.26 Å². The van der Waals surface area contributed by atoms with E-state index < -0.39 is 0 Å². The zero-order valence-corrected chi connectivity index (χ0v) is 11.9. The van der Waals surface area contributed by atoms with Crippen molar-refractivity contribution in [1.29, 1.82) is 5.26 Å². The van der Waals surface area contributed by atoms with Crippen LogP contribution in [0.25, 0.3) is 0 Å². The molecule has 0 radical (unpaired) electrons. The third-order valence-corrected chi connectivity index (χ3v) is 4.47. The van der Waals surface area contributed by atoms with Gasteiger partial charge in [-0.1, -0.05) is 17.7 Å². The Kier molecular flexibility index (Phi) is 3.46. The minimum absolute atomic E-state index is 0.539. The Labute approximate surface area is 121 Å². The molecule has 1 aromatic carbocycles. The minimum atomic E-state index is 0.539. The summed E-state index contributed by atoms with van der Waals surface area (Å²) in [7, 11) is 0. The maximum absolute atomic E-state index is 8.93. The van der Waals surface area contributed by atoms with E-state index in [2.05, 4.69) is 28.5 Å². The summed E-state index contributed by atoms with van der Waals surface area (Å²) in [4.78, 5) is 3.74. The molecule has 19 heavy (non-hydrogen) atoms. The normalized spacial score (nSPS) is 14.1. The van der Waals surface area contributed by atoms with Gasteiger partial charge in [-0.3, -0.25) is 0 Å². The van der Waals surface area contributed by atoms with Crippen molar-refractivity contribution < 1.29 is 0 Å². The van der Waals surface area contributed by atoms with Crippen LogP contribution in [0.2, 0.25) is 5.02 Å². The molecule has 2 nitrogen and oxygen atoms in total. The van der Waals surface area contributed by atoms with Crippen LogP contribution in [0.5, 0.6) is 0 Å². The third-order valence-electron chi connectivity index (χ3n) is 3.30. The van der Waals surface area contributed by atoms with Gasteiger partial charge < -0.3 is 4.90 Å². The van der Waals surface area contributed by atoms with Crippen LogP contribution in [0.4, 0.5) is 5.69 Å². The Balaban J connectivity index is 1.88. The van der Waals surface area contributed by atoms with Crippen LogP contribution in [0, 0.1) is 11.3 Å². The number of hydrogen-bond donors (Lipinski definition) is 0. The van der Waals surface area contributed by atoms with Crippen molar-refractivity contribution in [2.45, 2.75) is 25.4 Å². The molecular formula is C15H13ClN2S. The van der Waals surface area contributed by atoms with Gasteiger partial charge in [-0.15, -0.1) is 11.3 Å². The molecule has 0 N–H and O–H groups in total. The van der Waals surface area contributed by atoms with E-state index in [1.54, 1.807) is 11.3 Å². The lowest BCUT2D eigenvalue weighted by molar-refractivity contribution is 0.803. The first-order chi connectivity index (χ1) is 9.28. The molecule has 1 fully saturated rings. The molecule has 0 saturated heterocycles. The number of nitrogens with zero attached hydrogens (tertiary/aromatic N) is 2. The number of nitriles is 1. The molecule has 0 spiro atoms. The summed E-state index contributed by atoms with van der Waals surface area (Å²) in [6.07, 6.45) is 2.48. The van der Waals surface area contributed by atoms with Crippen LogP contribution in [0.1, 0.15) is 23.3 Å². The Morgan fingerprint density at radius 2 is 2.21 bits per heavy atom. The molecule has 0 bridgehead atoms. The van der Waals surface area contributed by atoms with E-state index in [4.69, 9.17) is 16.9 Å². The van der Waals surface area contributed by atoms with Crippen LogP contribution in [-0.2, 0) is 6.54 Å². The van der Waals surface area contributed by atoms with Crippen LogP contribution < -0.4 is 4.90 Å². The highest BCUT2D eigenvalue weighted by molar-refractivity contribution is 7.09. The number of hydrogen-bond acceptors (Lipinski definition) is 3. The molecule has 3 rings (SSSR count). The first-order valence-corrected chi connectivity index (χ1v) is 7.52. The summed E-state index contributed by atoms with van der Waals surface area (Å²) < 4.78 is 0. The lowest BCUT2D eigenvalue weighted by Gasteiger charge is -2.24. The van der Waals surface area contributed by atoms with Gasteiger partial charge in [-0.05, 0) is 42.5 Å². The monoisotopic (exact) mass is 288 g/mol. The predicted octanol–water partition coefficient (Wildman–Crippen LogP) is 4.44. The van der Waals surface area contributed by atoms with E-state index in [9.17, 15) is 0 Å². The van der Waals surface area contributed by atoms with Gasteiger partial charge >= 0.3 is 0 Å². The van der Waals surface area contributed by atoms with Crippen LogP contribution >= 0.6 is 22.9 Å². The molecule has 1 aliphatic carbocycles. The summed E-state index contributed by atoms with van der Waals surface area (Å²) in [6, 6.07) is 12.7. The highest BCUT2D eigenvalue weighted by atomic mass is 35.5. The van der Waals surface area contributed by atoms with Gasteiger partial charge in [-0.25, -0.2) is 0 Å². The second kappa shape index (κ2) is 5.24. The van der Waals surface area contributed by atoms with E-state index in [1.807, 2.05) is 18.2 Å². The zero-order valence-electron chi connectivity index (χ0n) is 10.3. The van der Waals surface area contributed by atoms with Gasteiger partial charge in [0.25, 0.3) is 0 Å². The fourth-order valence-electron chi connectivity index (χ4n) is 2.16. The zero-order chi connectivity index (χ0) is 13.2. The Morgan fingerprint density at radius 3 is 2.79 bits per heavy atom. The molecule has 2 aromatic rings. The topological polar surface area (TPSA) is 27.0 Å². The van der Waals surface area contributed by atoms with E-state index in [-0.39, 0.29) is 0 Å². The molecule has 1 aliphatic rings. The summed E-state index contributed by atoms with van der Waals surface area (Å²) in [5, 5.41) is 11.6. The molecule has 1 saturated carbocycles. The summed E-state index contributed by atoms with van der Waals surface area (Å²) in [5.41, 5.74) is 1.65. The fraction of sp³-hybridized carbons (Fsp3) is 0.267. The molecule has 0 aliphatic heterocycles. The van der Waals surface area contributed by atoms with Gasteiger partial charge in [0, 0.05) is 16.6 Å². The van der Waals surface area contributed by atoms with Crippen molar-refractivity contribution in [2.24, 2.45) is 0 Å². The first kappa shape index (κ1) is 12.5. The maximum atomic E-state index is 8.93. The second-order valence-corrected chi connectivity index (χ2v) is 6.15. The molecule has 0 atom stereocenters. The lowest BCUT2D eigenvalue weighted by Crippen LogP contribution is -2.24. The van der Waals surface area contributed by atoms with Crippen LogP contribution in [0.3, 0.4) is 0 Å². The minimum Gasteiger partial charge on any atom is -0.363 e.